The highest BCUT2D eigenvalue weighted by Crippen LogP contribution is 2.26. The number of phenols is 1. The van der Waals surface area contributed by atoms with Gasteiger partial charge in [0.1, 0.15) is 5.75 Å². The molecule has 1 aromatic carbocycles. The summed E-state index contributed by atoms with van der Waals surface area (Å²) in [7, 11) is 0. The fourth-order valence-corrected chi connectivity index (χ4v) is 2.19. The molecule has 0 aliphatic carbocycles. The van der Waals surface area contributed by atoms with Crippen LogP contribution in [0.15, 0.2) is 18.2 Å². The Balaban J connectivity index is 2.10. The number of carbonyl (C=O) groups is 1. The summed E-state index contributed by atoms with van der Waals surface area (Å²) in [5.41, 5.74) is -0.219. The first-order valence-corrected chi connectivity index (χ1v) is 6.27. The van der Waals surface area contributed by atoms with Crippen molar-refractivity contribution in [2.24, 2.45) is 0 Å². The number of piperidine rings is 1. The molecule has 1 saturated heterocycles. The standard InChI is InChI=1S/C13H16ClNO3/c1-13(18)4-6-15(7-5-13)12(17)9-2-3-11(16)10(14)8-9/h2-3,8,16,18H,4-7H2,1H3. The van der Waals surface area contributed by atoms with Crippen molar-refractivity contribution in [3.8, 4) is 5.75 Å². The van der Waals surface area contributed by atoms with Crippen molar-refractivity contribution >= 4 is 17.5 Å². The predicted octanol–water partition coefficient (Wildman–Crippen LogP) is 2.03. The van der Waals surface area contributed by atoms with E-state index in [0.29, 0.717) is 31.5 Å². The van der Waals surface area contributed by atoms with Crippen molar-refractivity contribution in [2.45, 2.75) is 25.4 Å². The van der Waals surface area contributed by atoms with E-state index in [1.165, 1.54) is 12.1 Å². The Kier molecular flexibility index (Phi) is 3.50. The van der Waals surface area contributed by atoms with Gasteiger partial charge in [-0.2, -0.15) is 0 Å². The number of nitrogens with zero attached hydrogens (tertiary/aromatic N) is 1. The quantitative estimate of drug-likeness (QED) is 0.820. The van der Waals surface area contributed by atoms with Crippen LogP contribution in [0.4, 0.5) is 0 Å². The Morgan fingerprint density at radius 3 is 2.56 bits per heavy atom. The van der Waals surface area contributed by atoms with E-state index in [0.717, 1.165) is 0 Å². The lowest BCUT2D eigenvalue weighted by molar-refractivity contribution is -0.00202. The molecule has 2 N–H and O–H groups in total. The second kappa shape index (κ2) is 4.78. The molecule has 5 heteroatoms. The molecule has 0 unspecified atom stereocenters. The largest absolute Gasteiger partial charge is 0.506 e. The van der Waals surface area contributed by atoms with E-state index in [1.54, 1.807) is 17.9 Å². The van der Waals surface area contributed by atoms with Crippen LogP contribution < -0.4 is 0 Å². The molecule has 1 fully saturated rings. The van der Waals surface area contributed by atoms with Crippen molar-refractivity contribution < 1.29 is 15.0 Å². The Morgan fingerprint density at radius 2 is 2.00 bits per heavy atom. The molecule has 18 heavy (non-hydrogen) atoms. The number of likely N-dealkylation sites (tertiary alicyclic amines) is 1. The molecular weight excluding hydrogens is 254 g/mol. The van der Waals surface area contributed by atoms with E-state index in [2.05, 4.69) is 0 Å². The number of benzene rings is 1. The van der Waals surface area contributed by atoms with Gasteiger partial charge in [0, 0.05) is 18.7 Å². The van der Waals surface area contributed by atoms with Crippen LogP contribution in [0.1, 0.15) is 30.1 Å². The Labute approximate surface area is 111 Å². The lowest BCUT2D eigenvalue weighted by Gasteiger charge is -2.35. The van der Waals surface area contributed by atoms with Gasteiger partial charge in [-0.3, -0.25) is 4.79 Å². The van der Waals surface area contributed by atoms with E-state index < -0.39 is 5.60 Å². The lowest BCUT2D eigenvalue weighted by atomic mass is 9.93. The van der Waals surface area contributed by atoms with Gasteiger partial charge in [0.15, 0.2) is 0 Å². The summed E-state index contributed by atoms with van der Waals surface area (Å²) in [6.45, 7) is 2.85. The maximum atomic E-state index is 12.2. The van der Waals surface area contributed by atoms with Crippen LogP contribution in [0.2, 0.25) is 5.02 Å². The molecule has 1 amide bonds. The first-order chi connectivity index (χ1) is 8.39. The molecule has 0 aromatic heterocycles. The zero-order valence-electron chi connectivity index (χ0n) is 10.2. The summed E-state index contributed by atoms with van der Waals surface area (Å²) in [6.07, 6.45) is 1.15. The highest BCUT2D eigenvalue weighted by atomic mass is 35.5. The highest BCUT2D eigenvalue weighted by Gasteiger charge is 2.30. The van der Waals surface area contributed by atoms with Gasteiger partial charge >= 0.3 is 0 Å². The highest BCUT2D eigenvalue weighted by molar-refractivity contribution is 6.32. The van der Waals surface area contributed by atoms with Gasteiger partial charge in [0.25, 0.3) is 5.91 Å². The number of aromatic hydroxyl groups is 1. The van der Waals surface area contributed by atoms with Gasteiger partial charge < -0.3 is 15.1 Å². The predicted molar refractivity (Wildman–Crippen MR) is 68.9 cm³/mol. The van der Waals surface area contributed by atoms with E-state index in [-0.39, 0.29) is 16.7 Å². The molecule has 0 bridgehead atoms. The van der Waals surface area contributed by atoms with Crippen molar-refractivity contribution in [3.63, 3.8) is 0 Å². The fraction of sp³-hybridized carbons (Fsp3) is 0.462. The molecule has 2 rings (SSSR count). The number of amides is 1. The molecule has 1 heterocycles. The molecule has 0 spiro atoms. The van der Waals surface area contributed by atoms with Gasteiger partial charge in [0.05, 0.1) is 10.6 Å². The SMILES string of the molecule is CC1(O)CCN(C(=O)c2ccc(O)c(Cl)c2)CC1. The molecule has 0 atom stereocenters. The second-order valence-corrected chi connectivity index (χ2v) is 5.36. The molecule has 1 aliphatic rings. The van der Waals surface area contributed by atoms with Crippen LogP contribution in [0.5, 0.6) is 5.75 Å². The minimum atomic E-state index is -0.677. The number of rotatable bonds is 1. The number of hydrogen-bond donors (Lipinski definition) is 2. The fourth-order valence-electron chi connectivity index (χ4n) is 2.01. The summed E-state index contributed by atoms with van der Waals surface area (Å²) in [5, 5.41) is 19.3. The van der Waals surface area contributed by atoms with Crippen LogP contribution in [0.25, 0.3) is 0 Å². The topological polar surface area (TPSA) is 60.8 Å². The Bertz CT molecular complexity index is 463. The van der Waals surface area contributed by atoms with Gasteiger partial charge in [-0.05, 0) is 38.0 Å². The Morgan fingerprint density at radius 1 is 1.39 bits per heavy atom. The number of halogens is 1. The average Bonchev–Trinajstić information content (AvgIpc) is 2.32. The van der Waals surface area contributed by atoms with Crippen LogP contribution in [0, 0.1) is 0 Å². The third-order valence-electron chi connectivity index (χ3n) is 3.32. The zero-order chi connectivity index (χ0) is 13.3. The molecule has 98 valence electrons. The molecule has 1 aromatic rings. The maximum absolute atomic E-state index is 12.2. The lowest BCUT2D eigenvalue weighted by Crippen LogP contribution is -2.45. The number of aliphatic hydroxyl groups is 1. The molecule has 0 saturated carbocycles. The van der Waals surface area contributed by atoms with Gasteiger partial charge in [-0.25, -0.2) is 0 Å². The third kappa shape index (κ3) is 2.76. The summed E-state index contributed by atoms with van der Waals surface area (Å²) in [5.74, 6) is -0.151. The van der Waals surface area contributed by atoms with E-state index >= 15 is 0 Å². The van der Waals surface area contributed by atoms with E-state index in [9.17, 15) is 15.0 Å². The van der Waals surface area contributed by atoms with Crippen LogP contribution in [-0.2, 0) is 0 Å². The summed E-state index contributed by atoms with van der Waals surface area (Å²) < 4.78 is 0. The van der Waals surface area contributed by atoms with Crippen LogP contribution in [0.3, 0.4) is 0 Å². The number of hydrogen-bond acceptors (Lipinski definition) is 3. The molecular formula is C13H16ClNO3. The minimum Gasteiger partial charge on any atom is -0.506 e. The number of phenolic OH excluding ortho intramolecular Hbond substituents is 1. The van der Waals surface area contributed by atoms with Gasteiger partial charge in [0.2, 0.25) is 0 Å². The van der Waals surface area contributed by atoms with E-state index in [1.807, 2.05) is 0 Å². The van der Waals surface area contributed by atoms with Crippen molar-refractivity contribution in [1.82, 2.24) is 4.90 Å². The summed E-state index contributed by atoms with van der Waals surface area (Å²) >= 11 is 5.78. The smallest absolute Gasteiger partial charge is 0.253 e. The first-order valence-electron chi connectivity index (χ1n) is 5.89. The van der Waals surface area contributed by atoms with Crippen molar-refractivity contribution in [1.29, 1.82) is 0 Å². The van der Waals surface area contributed by atoms with Gasteiger partial charge in [-0.1, -0.05) is 11.6 Å². The van der Waals surface area contributed by atoms with Crippen molar-refractivity contribution in [3.05, 3.63) is 28.8 Å². The first kappa shape index (κ1) is 13.2. The maximum Gasteiger partial charge on any atom is 0.253 e. The van der Waals surface area contributed by atoms with Crippen LogP contribution in [-0.4, -0.2) is 39.7 Å². The van der Waals surface area contributed by atoms with E-state index in [4.69, 9.17) is 11.6 Å². The molecule has 1 aliphatic heterocycles. The summed E-state index contributed by atoms with van der Waals surface area (Å²) in [4.78, 5) is 13.9. The zero-order valence-corrected chi connectivity index (χ0v) is 10.9. The van der Waals surface area contributed by atoms with Gasteiger partial charge in [-0.15, -0.1) is 0 Å². The molecule has 0 radical (unpaired) electrons. The number of carbonyl (C=O) groups excluding carboxylic acids is 1. The Hall–Kier alpha value is -1.26. The molecule has 4 nitrogen and oxygen atoms in total. The summed E-state index contributed by atoms with van der Waals surface area (Å²) in [6, 6.07) is 4.43. The normalized spacial score (nSPS) is 18.7. The second-order valence-electron chi connectivity index (χ2n) is 4.96. The van der Waals surface area contributed by atoms with Crippen LogP contribution >= 0.6 is 11.6 Å². The monoisotopic (exact) mass is 269 g/mol. The minimum absolute atomic E-state index is 0.0326. The van der Waals surface area contributed by atoms with Crippen molar-refractivity contribution in [2.75, 3.05) is 13.1 Å². The third-order valence-corrected chi connectivity index (χ3v) is 3.63. The average molecular weight is 270 g/mol.